The van der Waals surface area contributed by atoms with Crippen molar-refractivity contribution in [3.63, 3.8) is 0 Å². The number of nitrogens with zero attached hydrogens (tertiary/aromatic N) is 3. The summed E-state index contributed by atoms with van der Waals surface area (Å²) in [7, 11) is 0. The zero-order chi connectivity index (χ0) is 19.1. The van der Waals surface area contributed by atoms with Gasteiger partial charge >= 0.3 is 40.8 Å². The first-order valence-electron chi connectivity index (χ1n) is 8.82. The van der Waals surface area contributed by atoms with Crippen LogP contribution in [0.2, 0.25) is 0 Å². The summed E-state index contributed by atoms with van der Waals surface area (Å²) in [4.78, 5) is 4.72. The molecule has 5 nitrogen and oxygen atoms in total. The van der Waals surface area contributed by atoms with Crippen molar-refractivity contribution in [2.24, 2.45) is 10.2 Å². The van der Waals surface area contributed by atoms with Gasteiger partial charge in [0.25, 0.3) is 0 Å². The zero-order valence-corrected chi connectivity index (χ0v) is 22.9. The number of aromatic nitrogens is 1. The molecule has 3 rings (SSSR count). The molecule has 0 atom stereocenters. The van der Waals surface area contributed by atoms with Crippen LogP contribution in [-0.2, 0) is 0 Å². The summed E-state index contributed by atoms with van der Waals surface area (Å²) in [5.41, 5.74) is 12.4. The van der Waals surface area contributed by atoms with E-state index in [1.807, 2.05) is 93.6 Å². The van der Waals surface area contributed by atoms with Gasteiger partial charge < -0.3 is 37.2 Å². The van der Waals surface area contributed by atoms with Gasteiger partial charge in [-0.1, -0.05) is 36.4 Å². The third-order valence-corrected chi connectivity index (χ3v) is 3.96. The summed E-state index contributed by atoms with van der Waals surface area (Å²) >= 11 is 0. The molecule has 2 aromatic carbocycles. The smallest absolute Gasteiger partial charge is 1.00 e. The SMILES string of the molecule is CC(=NNc1ccccc1)c1cc(C)cc(C(C)=NNc2ccccc2)n1.[Cl-].[Cl-].[Cl-].[Nd+3]. The maximum atomic E-state index is 4.72. The number of benzene rings is 2. The Labute approximate surface area is 235 Å². The standard InChI is InChI=1S/C22H23N5.3ClH.Nd/c1-16-14-21(17(2)24-26-19-10-6-4-7-11-19)23-22(15-16)18(3)25-27-20-12-8-5-9-13-20;;;;/h4-15,26-27H,1-3H3;3*1H;/q;;;;+3/p-3. The fraction of sp³-hybridized carbons (Fsp3) is 0.136. The number of anilines is 2. The molecule has 1 radical (unpaired) electrons. The minimum Gasteiger partial charge on any atom is -1.00 e. The fourth-order valence-electron chi connectivity index (χ4n) is 2.47. The molecule has 0 bridgehead atoms. The Kier molecular flexibility index (Phi) is 16.9. The van der Waals surface area contributed by atoms with Gasteiger partial charge in [-0.3, -0.25) is 10.9 Å². The van der Waals surface area contributed by atoms with Crippen LogP contribution in [-0.4, -0.2) is 16.4 Å². The van der Waals surface area contributed by atoms with Crippen molar-refractivity contribution in [3.05, 3.63) is 89.7 Å². The third-order valence-electron chi connectivity index (χ3n) is 3.96. The van der Waals surface area contributed by atoms with E-state index in [0.717, 1.165) is 39.7 Å². The van der Waals surface area contributed by atoms with Crippen molar-refractivity contribution in [1.29, 1.82) is 0 Å². The summed E-state index contributed by atoms with van der Waals surface area (Å²) in [5, 5.41) is 8.90. The summed E-state index contributed by atoms with van der Waals surface area (Å²) in [6, 6.07) is 23.7. The van der Waals surface area contributed by atoms with Crippen molar-refractivity contribution in [3.8, 4) is 0 Å². The van der Waals surface area contributed by atoms with Crippen LogP contribution in [0.25, 0.3) is 0 Å². The Balaban J connectivity index is 0. The predicted octanol–water partition coefficient (Wildman–Crippen LogP) is -3.93. The van der Waals surface area contributed by atoms with Crippen molar-refractivity contribution < 1.29 is 78.1 Å². The van der Waals surface area contributed by atoms with E-state index in [9.17, 15) is 0 Å². The quantitative estimate of drug-likeness (QED) is 0.223. The molecule has 0 saturated heterocycles. The van der Waals surface area contributed by atoms with Crippen LogP contribution in [0, 0.1) is 47.8 Å². The molecule has 1 aromatic heterocycles. The molecule has 0 fully saturated rings. The summed E-state index contributed by atoms with van der Waals surface area (Å²) in [6.07, 6.45) is 0. The van der Waals surface area contributed by atoms with Crippen LogP contribution in [0.4, 0.5) is 11.4 Å². The van der Waals surface area contributed by atoms with Crippen molar-refractivity contribution >= 4 is 22.8 Å². The van der Waals surface area contributed by atoms with Gasteiger partial charge in [-0.2, -0.15) is 10.2 Å². The summed E-state index contributed by atoms with van der Waals surface area (Å²) < 4.78 is 0. The van der Waals surface area contributed by atoms with E-state index in [1.54, 1.807) is 0 Å². The maximum Gasteiger partial charge on any atom is 3.00 e. The topological polar surface area (TPSA) is 61.7 Å². The van der Waals surface area contributed by atoms with Crippen LogP contribution in [0.5, 0.6) is 0 Å². The molecule has 31 heavy (non-hydrogen) atoms. The third kappa shape index (κ3) is 10.3. The van der Waals surface area contributed by atoms with E-state index in [1.165, 1.54) is 0 Å². The predicted molar refractivity (Wildman–Crippen MR) is 114 cm³/mol. The van der Waals surface area contributed by atoms with E-state index in [-0.39, 0.29) is 78.1 Å². The minimum atomic E-state index is 0. The Morgan fingerprint density at radius 1 is 0.677 bits per heavy atom. The largest absolute Gasteiger partial charge is 3.00 e. The Morgan fingerprint density at radius 3 is 1.39 bits per heavy atom. The minimum absolute atomic E-state index is 0. The molecule has 0 spiro atoms. The average molecular weight is 608 g/mol. The van der Waals surface area contributed by atoms with Gasteiger partial charge in [-0.05, 0) is 62.7 Å². The molecule has 0 aliphatic carbocycles. The van der Waals surface area contributed by atoms with E-state index in [4.69, 9.17) is 4.98 Å². The van der Waals surface area contributed by atoms with Crippen LogP contribution >= 0.6 is 0 Å². The molecular weight excluding hydrogens is 585 g/mol. The molecule has 161 valence electrons. The number of halogens is 3. The van der Waals surface area contributed by atoms with Crippen LogP contribution in [0.1, 0.15) is 30.8 Å². The Hall–Kier alpha value is -1.25. The van der Waals surface area contributed by atoms with Crippen molar-refractivity contribution in [2.45, 2.75) is 20.8 Å². The first kappa shape index (κ1) is 31.9. The number of para-hydroxylation sites is 2. The second-order valence-electron chi connectivity index (χ2n) is 6.27. The second-order valence-corrected chi connectivity index (χ2v) is 6.27. The number of hydrogen-bond donors (Lipinski definition) is 2. The molecule has 0 aliphatic rings. The number of aryl methyl sites for hydroxylation is 1. The summed E-state index contributed by atoms with van der Waals surface area (Å²) in [6.45, 7) is 5.93. The number of nitrogens with one attached hydrogen (secondary N) is 2. The van der Waals surface area contributed by atoms with Crippen LogP contribution in [0.3, 0.4) is 0 Å². The average Bonchev–Trinajstić information content (AvgIpc) is 2.71. The van der Waals surface area contributed by atoms with Gasteiger partial charge in [0.2, 0.25) is 0 Å². The molecule has 0 saturated carbocycles. The molecular formula is C22H23Cl3N5Nd. The van der Waals surface area contributed by atoms with Gasteiger partial charge in [-0.15, -0.1) is 0 Å². The maximum absolute atomic E-state index is 4.72. The normalized spacial score (nSPS) is 10.4. The molecule has 0 aliphatic heterocycles. The van der Waals surface area contributed by atoms with Crippen LogP contribution < -0.4 is 48.1 Å². The van der Waals surface area contributed by atoms with E-state index in [0.29, 0.717) is 0 Å². The van der Waals surface area contributed by atoms with Crippen molar-refractivity contribution in [1.82, 2.24) is 4.98 Å². The molecule has 0 amide bonds. The van der Waals surface area contributed by atoms with Crippen LogP contribution in [0.15, 0.2) is 83.0 Å². The molecule has 9 heteroatoms. The van der Waals surface area contributed by atoms with Crippen molar-refractivity contribution in [2.75, 3.05) is 10.9 Å². The molecule has 0 unspecified atom stereocenters. The van der Waals surface area contributed by atoms with Gasteiger partial charge in [0, 0.05) is 0 Å². The number of rotatable bonds is 6. The fourth-order valence-corrected chi connectivity index (χ4v) is 2.47. The van der Waals surface area contributed by atoms with E-state index < -0.39 is 0 Å². The molecule has 3 aromatic rings. The van der Waals surface area contributed by atoms with Gasteiger partial charge in [0.15, 0.2) is 0 Å². The zero-order valence-electron chi connectivity index (χ0n) is 17.4. The molecule has 1 heterocycles. The number of pyridine rings is 1. The Morgan fingerprint density at radius 2 is 1.03 bits per heavy atom. The molecule has 2 N–H and O–H groups in total. The van der Waals surface area contributed by atoms with Gasteiger partial charge in [0.05, 0.1) is 34.2 Å². The second kappa shape index (κ2) is 16.4. The Bertz CT molecular complexity index is 892. The number of hydrogen-bond acceptors (Lipinski definition) is 5. The monoisotopic (exact) mass is 604 g/mol. The van der Waals surface area contributed by atoms with E-state index >= 15 is 0 Å². The summed E-state index contributed by atoms with van der Waals surface area (Å²) in [5.74, 6) is 0. The van der Waals surface area contributed by atoms with Gasteiger partial charge in [0.1, 0.15) is 0 Å². The number of hydrazone groups is 2. The first-order chi connectivity index (χ1) is 13.1. The van der Waals surface area contributed by atoms with Gasteiger partial charge in [-0.25, -0.2) is 4.98 Å². The first-order valence-corrected chi connectivity index (χ1v) is 8.82. The van der Waals surface area contributed by atoms with E-state index in [2.05, 4.69) is 21.1 Å².